The van der Waals surface area contributed by atoms with E-state index in [-0.39, 0.29) is 5.69 Å². The lowest BCUT2D eigenvalue weighted by atomic mass is 10.3. The zero-order valence-corrected chi connectivity index (χ0v) is 14.6. The van der Waals surface area contributed by atoms with Gasteiger partial charge in [0.25, 0.3) is 5.91 Å². The number of hydrogen-bond acceptors (Lipinski definition) is 5. The molecule has 0 saturated carbocycles. The maximum absolute atomic E-state index is 12.2. The third-order valence-electron chi connectivity index (χ3n) is 3.42. The first-order chi connectivity index (χ1) is 12.5. The Bertz CT molecular complexity index is 923. The summed E-state index contributed by atoms with van der Waals surface area (Å²) in [5, 5.41) is 11.5. The molecule has 1 aromatic heterocycles. The van der Waals surface area contributed by atoms with Gasteiger partial charge in [0.2, 0.25) is 0 Å². The van der Waals surface area contributed by atoms with Gasteiger partial charge in [0, 0.05) is 10.7 Å². The first kappa shape index (κ1) is 17.6. The molecule has 1 N–H and O–H groups in total. The summed E-state index contributed by atoms with van der Waals surface area (Å²) >= 11 is 5.78. The van der Waals surface area contributed by atoms with Gasteiger partial charge in [-0.3, -0.25) is 4.79 Å². The molecule has 7 nitrogen and oxygen atoms in total. The average molecular weight is 371 g/mol. The van der Waals surface area contributed by atoms with Crippen LogP contribution in [0.1, 0.15) is 16.2 Å². The molecule has 0 aliphatic heterocycles. The van der Waals surface area contributed by atoms with Gasteiger partial charge in [0.05, 0.1) is 11.4 Å². The predicted molar refractivity (Wildman–Crippen MR) is 96.5 cm³/mol. The van der Waals surface area contributed by atoms with Gasteiger partial charge in [-0.25, -0.2) is 4.79 Å². The molecule has 1 heterocycles. The normalized spacial score (nSPS) is 10.4. The lowest BCUT2D eigenvalue weighted by molar-refractivity contribution is -0.119. The van der Waals surface area contributed by atoms with Crippen molar-refractivity contribution < 1.29 is 14.3 Å². The number of aryl methyl sites for hydroxylation is 1. The number of hydrogen-bond donors (Lipinski definition) is 1. The minimum atomic E-state index is -0.712. The molecule has 0 radical (unpaired) electrons. The number of carbonyl (C=O) groups is 2. The van der Waals surface area contributed by atoms with Crippen molar-refractivity contribution in [1.82, 2.24) is 15.0 Å². The number of rotatable bonds is 5. The molecule has 1 amide bonds. The van der Waals surface area contributed by atoms with Gasteiger partial charge in [0.1, 0.15) is 0 Å². The molecule has 3 rings (SSSR count). The van der Waals surface area contributed by atoms with Crippen molar-refractivity contribution >= 4 is 29.2 Å². The van der Waals surface area contributed by atoms with Gasteiger partial charge < -0.3 is 10.1 Å². The Hall–Kier alpha value is -3.19. The number of ether oxygens (including phenoxy) is 1. The number of anilines is 1. The van der Waals surface area contributed by atoms with Crippen LogP contribution in [0.3, 0.4) is 0 Å². The smallest absolute Gasteiger partial charge is 0.361 e. The maximum Gasteiger partial charge on any atom is 0.361 e. The summed E-state index contributed by atoms with van der Waals surface area (Å²) in [6.45, 7) is 1.22. The van der Waals surface area contributed by atoms with E-state index in [4.69, 9.17) is 16.3 Å². The highest BCUT2D eigenvalue weighted by Gasteiger charge is 2.19. The monoisotopic (exact) mass is 370 g/mol. The molecule has 2 aromatic carbocycles. The van der Waals surface area contributed by atoms with Crippen LogP contribution in [0.2, 0.25) is 5.02 Å². The standard InChI is InChI=1S/C18H15ClN4O3/c1-12-17(22-23(21-12)15-5-3-2-4-6-15)18(25)26-11-16(24)20-14-9-7-13(19)8-10-14/h2-10H,11H2,1H3,(H,20,24). The first-order valence-corrected chi connectivity index (χ1v) is 8.12. The minimum absolute atomic E-state index is 0.0631. The van der Waals surface area contributed by atoms with Crippen molar-refractivity contribution in [3.63, 3.8) is 0 Å². The van der Waals surface area contributed by atoms with Crippen LogP contribution in [0.4, 0.5) is 5.69 Å². The maximum atomic E-state index is 12.2. The van der Waals surface area contributed by atoms with Crippen molar-refractivity contribution in [3.05, 3.63) is 71.0 Å². The van der Waals surface area contributed by atoms with E-state index < -0.39 is 18.5 Å². The molecule has 0 bridgehead atoms. The molecule has 132 valence electrons. The van der Waals surface area contributed by atoms with E-state index in [1.165, 1.54) is 4.80 Å². The van der Waals surface area contributed by atoms with Gasteiger partial charge in [-0.2, -0.15) is 9.90 Å². The number of esters is 1. The second-order valence-electron chi connectivity index (χ2n) is 5.39. The highest BCUT2D eigenvalue weighted by molar-refractivity contribution is 6.30. The molecular weight excluding hydrogens is 356 g/mol. The van der Waals surface area contributed by atoms with Gasteiger partial charge in [0.15, 0.2) is 12.3 Å². The molecule has 0 aliphatic carbocycles. The van der Waals surface area contributed by atoms with Crippen LogP contribution in [0.5, 0.6) is 0 Å². The highest BCUT2D eigenvalue weighted by Crippen LogP contribution is 2.13. The molecule has 0 fully saturated rings. The van der Waals surface area contributed by atoms with Crippen LogP contribution in [-0.4, -0.2) is 33.5 Å². The Balaban J connectivity index is 1.60. The van der Waals surface area contributed by atoms with Crippen molar-refractivity contribution in [2.75, 3.05) is 11.9 Å². The van der Waals surface area contributed by atoms with E-state index in [0.29, 0.717) is 16.4 Å². The van der Waals surface area contributed by atoms with E-state index in [1.807, 2.05) is 30.3 Å². The van der Waals surface area contributed by atoms with E-state index in [2.05, 4.69) is 15.5 Å². The quantitative estimate of drug-likeness (QED) is 0.698. The number of benzene rings is 2. The van der Waals surface area contributed by atoms with Gasteiger partial charge in [-0.1, -0.05) is 29.8 Å². The fraction of sp³-hybridized carbons (Fsp3) is 0.111. The Morgan fingerprint density at radius 3 is 2.46 bits per heavy atom. The van der Waals surface area contributed by atoms with Crippen molar-refractivity contribution in [2.45, 2.75) is 6.92 Å². The van der Waals surface area contributed by atoms with Crippen LogP contribution in [-0.2, 0) is 9.53 Å². The van der Waals surface area contributed by atoms with Gasteiger partial charge >= 0.3 is 5.97 Å². The van der Waals surface area contributed by atoms with Crippen molar-refractivity contribution in [3.8, 4) is 5.69 Å². The predicted octanol–water partition coefficient (Wildman–Crippen LogP) is 3.02. The zero-order valence-electron chi connectivity index (χ0n) is 13.8. The van der Waals surface area contributed by atoms with Crippen molar-refractivity contribution in [2.24, 2.45) is 0 Å². The summed E-state index contributed by atoms with van der Waals surface area (Å²) in [5.41, 5.74) is 1.75. The fourth-order valence-corrected chi connectivity index (χ4v) is 2.30. The summed E-state index contributed by atoms with van der Waals surface area (Å²) in [5.74, 6) is -1.18. The van der Waals surface area contributed by atoms with Crippen molar-refractivity contribution in [1.29, 1.82) is 0 Å². The second-order valence-corrected chi connectivity index (χ2v) is 5.83. The summed E-state index contributed by atoms with van der Waals surface area (Å²) in [6, 6.07) is 15.8. The van der Waals surface area contributed by atoms with Gasteiger partial charge in [-0.15, -0.1) is 5.10 Å². The average Bonchev–Trinajstić information content (AvgIpc) is 3.04. The number of nitrogens with one attached hydrogen (secondary N) is 1. The molecule has 0 saturated heterocycles. The first-order valence-electron chi connectivity index (χ1n) is 7.75. The van der Waals surface area contributed by atoms with Crippen LogP contribution in [0, 0.1) is 6.92 Å². The highest BCUT2D eigenvalue weighted by atomic mass is 35.5. The number of para-hydroxylation sites is 1. The third-order valence-corrected chi connectivity index (χ3v) is 3.68. The Kier molecular flexibility index (Phi) is 5.28. The Morgan fingerprint density at radius 2 is 1.77 bits per heavy atom. The molecule has 8 heteroatoms. The van der Waals surface area contributed by atoms with Crippen LogP contribution >= 0.6 is 11.6 Å². The number of nitrogens with zero attached hydrogens (tertiary/aromatic N) is 3. The number of amides is 1. The zero-order chi connectivity index (χ0) is 18.5. The van der Waals surface area contributed by atoms with Crippen LogP contribution in [0.15, 0.2) is 54.6 Å². The van der Waals surface area contributed by atoms with E-state index in [1.54, 1.807) is 31.2 Å². The molecule has 0 aliphatic rings. The minimum Gasteiger partial charge on any atom is -0.451 e. The molecule has 0 spiro atoms. The lowest BCUT2D eigenvalue weighted by Crippen LogP contribution is -2.21. The largest absolute Gasteiger partial charge is 0.451 e. The van der Waals surface area contributed by atoms with E-state index in [9.17, 15) is 9.59 Å². The molecule has 3 aromatic rings. The van der Waals surface area contributed by atoms with E-state index >= 15 is 0 Å². The third kappa shape index (κ3) is 4.25. The summed E-state index contributed by atoms with van der Waals surface area (Å²) < 4.78 is 5.02. The summed E-state index contributed by atoms with van der Waals surface area (Å²) in [7, 11) is 0. The lowest BCUT2D eigenvalue weighted by Gasteiger charge is -2.06. The molecular formula is C18H15ClN4O3. The van der Waals surface area contributed by atoms with Crippen LogP contribution in [0.25, 0.3) is 5.69 Å². The van der Waals surface area contributed by atoms with Gasteiger partial charge in [-0.05, 0) is 43.3 Å². The van der Waals surface area contributed by atoms with Crippen LogP contribution < -0.4 is 5.32 Å². The summed E-state index contributed by atoms with van der Waals surface area (Å²) in [6.07, 6.45) is 0. The SMILES string of the molecule is Cc1nn(-c2ccccc2)nc1C(=O)OCC(=O)Nc1ccc(Cl)cc1. The second kappa shape index (κ2) is 7.79. The molecule has 0 atom stereocenters. The molecule has 0 unspecified atom stereocenters. The topological polar surface area (TPSA) is 86.1 Å². The number of aromatic nitrogens is 3. The molecule has 26 heavy (non-hydrogen) atoms. The Labute approximate surface area is 154 Å². The fourth-order valence-electron chi connectivity index (χ4n) is 2.17. The number of carbonyl (C=O) groups excluding carboxylic acids is 2. The summed E-state index contributed by atoms with van der Waals surface area (Å²) in [4.78, 5) is 25.4. The van der Waals surface area contributed by atoms with E-state index in [0.717, 1.165) is 5.69 Å². The Morgan fingerprint density at radius 1 is 1.08 bits per heavy atom. The number of halogens is 1.